The lowest BCUT2D eigenvalue weighted by Crippen LogP contribution is -2.44. The number of aromatic nitrogens is 2. The molecule has 0 fully saturated rings. The zero-order valence-corrected chi connectivity index (χ0v) is 19.9. The third-order valence-electron chi connectivity index (χ3n) is 6.75. The Kier molecular flexibility index (Phi) is 5.62. The van der Waals surface area contributed by atoms with Gasteiger partial charge in [0, 0.05) is 29.1 Å². The molecule has 0 bridgehead atoms. The number of pyridine rings is 2. The van der Waals surface area contributed by atoms with Crippen molar-refractivity contribution in [2.45, 2.75) is 51.7 Å². The Morgan fingerprint density at radius 3 is 2.72 bits per heavy atom. The van der Waals surface area contributed by atoms with Crippen molar-refractivity contribution in [2.24, 2.45) is 0 Å². The minimum absolute atomic E-state index is 0.0503. The number of nitrogens with zero attached hydrogens (tertiary/aromatic N) is 2. The van der Waals surface area contributed by atoms with Gasteiger partial charge in [-0.05, 0) is 25.0 Å². The molecule has 2 atom stereocenters. The summed E-state index contributed by atoms with van der Waals surface area (Å²) in [5, 5.41) is 22.2. The molecule has 188 valence electrons. The van der Waals surface area contributed by atoms with Crippen molar-refractivity contribution in [3.8, 4) is 11.4 Å². The first kappa shape index (κ1) is 24.3. The summed E-state index contributed by atoms with van der Waals surface area (Å²) in [4.78, 5) is 42.2. The van der Waals surface area contributed by atoms with Crippen LogP contribution in [0.25, 0.3) is 22.3 Å². The second-order valence-corrected chi connectivity index (χ2v) is 9.17. The van der Waals surface area contributed by atoms with Gasteiger partial charge in [-0.3, -0.25) is 9.59 Å². The van der Waals surface area contributed by atoms with Crippen LogP contribution >= 0.6 is 11.6 Å². The molecule has 2 aliphatic rings. The molecule has 5 rings (SSSR count). The zero-order chi connectivity index (χ0) is 26.1. The maximum atomic E-state index is 15.2. The first-order valence-corrected chi connectivity index (χ1v) is 11.5. The molecule has 0 saturated carbocycles. The number of cyclic esters (lactones) is 1. The van der Waals surface area contributed by atoms with Gasteiger partial charge in [0.2, 0.25) is 5.91 Å². The van der Waals surface area contributed by atoms with Crippen LogP contribution in [0.15, 0.2) is 16.9 Å². The topological polar surface area (TPSA) is 131 Å². The molecule has 0 unspecified atom stereocenters. The monoisotopic (exact) mass is 519 g/mol. The molecule has 9 nitrogen and oxygen atoms in total. The highest BCUT2D eigenvalue weighted by molar-refractivity contribution is 6.31. The van der Waals surface area contributed by atoms with Crippen molar-refractivity contribution in [2.75, 3.05) is 0 Å². The van der Waals surface area contributed by atoms with Crippen molar-refractivity contribution in [3.05, 3.63) is 61.4 Å². The quantitative estimate of drug-likeness (QED) is 0.278. The summed E-state index contributed by atoms with van der Waals surface area (Å²) in [6.07, 6.45) is -1.39. The lowest BCUT2D eigenvalue weighted by Gasteiger charge is -2.31. The molecule has 0 spiro atoms. The number of carbonyl (C=O) groups excluding carboxylic acids is 2. The van der Waals surface area contributed by atoms with E-state index >= 15 is 4.39 Å². The molecule has 2 aliphatic heterocycles. The van der Waals surface area contributed by atoms with Gasteiger partial charge in [-0.2, -0.15) is 0 Å². The molecule has 1 aromatic carbocycles. The average Bonchev–Trinajstić information content (AvgIpc) is 3.21. The summed E-state index contributed by atoms with van der Waals surface area (Å²) in [5.74, 6) is -3.73. The molecule has 4 heterocycles. The largest absolute Gasteiger partial charge is 0.458 e. The number of fused-ring (bicyclic) bond motifs is 5. The van der Waals surface area contributed by atoms with E-state index in [2.05, 4.69) is 10.3 Å². The maximum Gasteiger partial charge on any atom is 0.343 e. The van der Waals surface area contributed by atoms with E-state index in [0.717, 1.165) is 6.07 Å². The standard InChI is InChI=1S/C24H20ClF2N3O6/c1-3-24(35)13-4-16-20-11(7-30(16)22(33)12(13)8-36-23(24)34)10(6-28-21(32)9(2)31)17-15(29-20)5-14(26)18(25)19(17)27/h4-5,9,31,35H,3,6-8H2,1-2H3,(H,28,32)/t9-,24-/m0/s1. The number of hydrogen-bond acceptors (Lipinski definition) is 7. The SMILES string of the molecule is CC[C@@]1(O)C(=O)OCc2c1cc1n(c2=O)Cc2c-1nc1cc(F)c(Cl)c(F)c1c2CNC(=O)[C@H](C)O. The second kappa shape index (κ2) is 8.32. The Morgan fingerprint density at radius 2 is 2.06 bits per heavy atom. The summed E-state index contributed by atoms with van der Waals surface area (Å²) < 4.78 is 35.9. The fraction of sp³-hybridized carbons (Fsp3) is 0.333. The maximum absolute atomic E-state index is 15.2. The van der Waals surface area contributed by atoms with E-state index in [1.165, 1.54) is 17.6 Å². The van der Waals surface area contributed by atoms with Crippen LogP contribution in [0.3, 0.4) is 0 Å². The lowest BCUT2D eigenvalue weighted by molar-refractivity contribution is -0.172. The number of benzene rings is 1. The van der Waals surface area contributed by atoms with Crippen molar-refractivity contribution < 1.29 is 33.3 Å². The van der Waals surface area contributed by atoms with Gasteiger partial charge in [0.05, 0.1) is 29.0 Å². The number of rotatable bonds is 4. The summed E-state index contributed by atoms with van der Waals surface area (Å²) in [5.41, 5.74) is -1.51. The first-order chi connectivity index (χ1) is 17.0. The van der Waals surface area contributed by atoms with Crippen LogP contribution in [0.4, 0.5) is 8.78 Å². The number of esters is 1. The van der Waals surface area contributed by atoms with Crippen LogP contribution in [0, 0.1) is 11.6 Å². The summed E-state index contributed by atoms with van der Waals surface area (Å²) in [7, 11) is 0. The van der Waals surface area contributed by atoms with Crippen molar-refractivity contribution in [3.63, 3.8) is 0 Å². The number of amides is 1. The van der Waals surface area contributed by atoms with Gasteiger partial charge in [-0.1, -0.05) is 18.5 Å². The Bertz CT molecular complexity index is 1550. The molecule has 0 saturated heterocycles. The summed E-state index contributed by atoms with van der Waals surface area (Å²) >= 11 is 5.82. The second-order valence-electron chi connectivity index (χ2n) is 8.79. The van der Waals surface area contributed by atoms with Gasteiger partial charge in [-0.25, -0.2) is 18.6 Å². The first-order valence-electron chi connectivity index (χ1n) is 11.1. The third-order valence-corrected chi connectivity index (χ3v) is 7.09. The van der Waals surface area contributed by atoms with Gasteiger partial charge >= 0.3 is 5.97 Å². The molecule has 2 aromatic heterocycles. The molecule has 3 aromatic rings. The fourth-order valence-electron chi connectivity index (χ4n) is 4.75. The number of halogens is 3. The highest BCUT2D eigenvalue weighted by atomic mass is 35.5. The zero-order valence-electron chi connectivity index (χ0n) is 19.1. The van der Waals surface area contributed by atoms with Crippen LogP contribution in [0.5, 0.6) is 0 Å². The van der Waals surface area contributed by atoms with E-state index in [1.807, 2.05) is 0 Å². The molecule has 0 radical (unpaired) electrons. The Hall–Kier alpha value is -3.41. The minimum atomic E-state index is -2.04. The molecular weight excluding hydrogens is 500 g/mol. The smallest absolute Gasteiger partial charge is 0.343 e. The van der Waals surface area contributed by atoms with E-state index in [4.69, 9.17) is 16.3 Å². The van der Waals surface area contributed by atoms with Crippen LogP contribution in [0.1, 0.15) is 42.5 Å². The summed E-state index contributed by atoms with van der Waals surface area (Å²) in [6, 6.07) is 2.41. The minimum Gasteiger partial charge on any atom is -0.458 e. The van der Waals surface area contributed by atoms with Crippen molar-refractivity contribution in [1.82, 2.24) is 14.9 Å². The highest BCUT2D eigenvalue weighted by Gasteiger charge is 2.45. The van der Waals surface area contributed by atoms with Crippen LogP contribution < -0.4 is 10.9 Å². The Morgan fingerprint density at radius 1 is 1.33 bits per heavy atom. The fourth-order valence-corrected chi connectivity index (χ4v) is 4.90. The van der Waals surface area contributed by atoms with E-state index in [1.54, 1.807) is 6.92 Å². The van der Waals surface area contributed by atoms with Crippen LogP contribution in [-0.2, 0) is 39.6 Å². The molecule has 1 amide bonds. The molecule has 12 heteroatoms. The molecular formula is C24H20ClF2N3O6. The number of aliphatic hydroxyl groups excluding tert-OH is 1. The van der Waals surface area contributed by atoms with Crippen molar-refractivity contribution >= 4 is 34.4 Å². The normalized spacial score (nSPS) is 18.9. The number of ether oxygens (including phenoxy) is 1. The number of aliphatic hydroxyl groups is 2. The average molecular weight is 520 g/mol. The molecule has 0 aliphatic carbocycles. The van der Waals surface area contributed by atoms with Gasteiger partial charge in [0.1, 0.15) is 23.6 Å². The predicted octanol–water partition coefficient (Wildman–Crippen LogP) is 2.01. The highest BCUT2D eigenvalue weighted by Crippen LogP contribution is 2.41. The van der Waals surface area contributed by atoms with Gasteiger partial charge in [0.15, 0.2) is 11.4 Å². The Balaban J connectivity index is 1.79. The number of carbonyl (C=O) groups is 2. The van der Waals surface area contributed by atoms with Gasteiger partial charge < -0.3 is 24.8 Å². The summed E-state index contributed by atoms with van der Waals surface area (Å²) in [6.45, 7) is 2.15. The molecule has 3 N–H and O–H groups in total. The van der Waals surface area contributed by atoms with E-state index in [-0.39, 0.29) is 65.1 Å². The lowest BCUT2D eigenvalue weighted by atomic mass is 9.86. The predicted molar refractivity (Wildman–Crippen MR) is 123 cm³/mol. The number of hydrogen-bond donors (Lipinski definition) is 3. The van der Waals surface area contributed by atoms with Gasteiger partial charge in [0.25, 0.3) is 5.56 Å². The van der Waals surface area contributed by atoms with Crippen LogP contribution in [-0.4, -0.2) is 37.7 Å². The van der Waals surface area contributed by atoms with E-state index < -0.39 is 45.8 Å². The third kappa shape index (κ3) is 3.34. The van der Waals surface area contributed by atoms with Crippen molar-refractivity contribution in [1.29, 1.82) is 0 Å². The van der Waals surface area contributed by atoms with E-state index in [9.17, 15) is 29.0 Å². The van der Waals surface area contributed by atoms with Crippen LogP contribution in [0.2, 0.25) is 5.02 Å². The van der Waals surface area contributed by atoms with Gasteiger partial charge in [-0.15, -0.1) is 0 Å². The number of nitrogens with one attached hydrogen (secondary N) is 1. The molecule has 36 heavy (non-hydrogen) atoms. The van der Waals surface area contributed by atoms with E-state index in [0.29, 0.717) is 5.56 Å². The Labute approximate surface area is 207 Å².